The molecular weight excluding hydrogens is 248 g/mol. The Morgan fingerprint density at radius 2 is 2.06 bits per heavy atom. The molecule has 1 aromatic carbocycles. The van der Waals surface area contributed by atoms with Gasteiger partial charge in [0, 0.05) is 6.20 Å². The molecule has 2 rings (SSSR count). The van der Waals surface area contributed by atoms with Crippen molar-refractivity contribution in [3.63, 3.8) is 0 Å². The van der Waals surface area contributed by atoms with E-state index in [0.29, 0.717) is 5.56 Å². The molecule has 1 aromatic heterocycles. The normalized spacial score (nSPS) is 10.3. The van der Waals surface area contributed by atoms with Crippen molar-refractivity contribution in [1.82, 2.24) is 4.98 Å². The maximum Gasteiger partial charge on any atom is 0.255 e. The van der Waals surface area contributed by atoms with Crippen molar-refractivity contribution in [1.29, 1.82) is 0 Å². The predicted molar refractivity (Wildman–Crippen MR) is 59.9 cm³/mol. The molecule has 0 spiro atoms. The number of hydrogen-bond donors (Lipinski definition) is 0. The second-order valence-corrected chi connectivity index (χ2v) is 3.74. The summed E-state index contributed by atoms with van der Waals surface area (Å²) in [6, 6.07) is 7.29. The van der Waals surface area contributed by atoms with Gasteiger partial charge in [-0.15, -0.1) is 0 Å². The van der Waals surface area contributed by atoms with Gasteiger partial charge in [0.15, 0.2) is 5.75 Å². The summed E-state index contributed by atoms with van der Waals surface area (Å²) in [5.41, 5.74) is 0.565. The Morgan fingerprint density at radius 3 is 2.76 bits per heavy atom. The van der Waals surface area contributed by atoms with E-state index in [1.165, 1.54) is 24.4 Å². The summed E-state index contributed by atoms with van der Waals surface area (Å²) in [6.45, 7) is 0.0523. The summed E-state index contributed by atoms with van der Waals surface area (Å²) in [5.74, 6) is -1.19. The van der Waals surface area contributed by atoms with Gasteiger partial charge in [-0.3, -0.25) is 0 Å². The van der Waals surface area contributed by atoms with Gasteiger partial charge in [0.2, 0.25) is 0 Å². The summed E-state index contributed by atoms with van der Waals surface area (Å²) < 4.78 is 31.4. The van der Waals surface area contributed by atoms with E-state index in [9.17, 15) is 8.78 Å². The lowest BCUT2D eigenvalue weighted by molar-refractivity contribution is 0.285. The number of hydrogen-bond acceptors (Lipinski definition) is 2. The molecule has 1 heterocycles. The van der Waals surface area contributed by atoms with Crippen molar-refractivity contribution in [2.75, 3.05) is 0 Å². The molecule has 5 heteroatoms. The van der Waals surface area contributed by atoms with Crippen LogP contribution in [-0.4, -0.2) is 4.98 Å². The average Bonchev–Trinajstić information content (AvgIpc) is 2.32. The molecule has 0 bridgehead atoms. The molecule has 0 fully saturated rings. The van der Waals surface area contributed by atoms with Crippen LogP contribution in [0.1, 0.15) is 5.56 Å². The molecular formula is C12H8ClF2NO. The van der Waals surface area contributed by atoms with Crippen LogP contribution in [0, 0.1) is 11.8 Å². The standard InChI is InChI=1S/C12H8ClF2NO/c13-9-4-3-8(6-10(9)14)7-17-11-2-1-5-16-12(11)15/h1-6H,7H2. The highest BCUT2D eigenvalue weighted by molar-refractivity contribution is 6.30. The molecule has 0 amide bonds. The number of ether oxygens (including phenoxy) is 1. The van der Waals surface area contributed by atoms with Crippen LogP contribution in [0.2, 0.25) is 5.02 Å². The van der Waals surface area contributed by atoms with Crippen molar-refractivity contribution in [3.05, 3.63) is 58.9 Å². The molecule has 17 heavy (non-hydrogen) atoms. The minimum Gasteiger partial charge on any atom is -0.484 e. The van der Waals surface area contributed by atoms with Crippen molar-refractivity contribution >= 4 is 11.6 Å². The first kappa shape index (κ1) is 11.8. The third kappa shape index (κ3) is 2.91. The van der Waals surface area contributed by atoms with E-state index in [4.69, 9.17) is 16.3 Å². The molecule has 0 aliphatic carbocycles. The Bertz CT molecular complexity index is 534. The first-order valence-corrected chi connectivity index (χ1v) is 5.22. The number of halogens is 3. The molecule has 88 valence electrons. The van der Waals surface area contributed by atoms with Gasteiger partial charge in [-0.25, -0.2) is 9.37 Å². The monoisotopic (exact) mass is 255 g/mol. The van der Waals surface area contributed by atoms with Crippen LogP contribution in [0.15, 0.2) is 36.5 Å². The number of pyridine rings is 1. The minimum absolute atomic E-state index is 0.0304. The zero-order chi connectivity index (χ0) is 12.3. The van der Waals surface area contributed by atoms with E-state index in [0.717, 1.165) is 0 Å². The molecule has 0 unspecified atom stereocenters. The molecule has 0 saturated heterocycles. The van der Waals surface area contributed by atoms with Crippen LogP contribution in [0.5, 0.6) is 5.75 Å². The van der Waals surface area contributed by atoms with E-state index >= 15 is 0 Å². The summed E-state index contributed by atoms with van der Waals surface area (Å²) >= 11 is 5.54. The smallest absolute Gasteiger partial charge is 0.255 e. The Labute approximate surface area is 102 Å². The van der Waals surface area contributed by atoms with Gasteiger partial charge in [0.05, 0.1) is 5.02 Å². The molecule has 0 radical (unpaired) electrons. The lowest BCUT2D eigenvalue weighted by Crippen LogP contribution is -1.99. The zero-order valence-electron chi connectivity index (χ0n) is 8.66. The van der Waals surface area contributed by atoms with Crippen LogP contribution in [0.4, 0.5) is 8.78 Å². The largest absolute Gasteiger partial charge is 0.484 e. The Balaban J connectivity index is 2.08. The average molecular weight is 256 g/mol. The van der Waals surface area contributed by atoms with Crippen LogP contribution in [0.3, 0.4) is 0 Å². The van der Waals surface area contributed by atoms with Gasteiger partial charge >= 0.3 is 0 Å². The fourth-order valence-corrected chi connectivity index (χ4v) is 1.39. The summed E-state index contributed by atoms with van der Waals surface area (Å²) in [7, 11) is 0. The van der Waals surface area contributed by atoms with E-state index in [2.05, 4.69) is 4.98 Å². The summed E-state index contributed by atoms with van der Waals surface area (Å²) in [5, 5.41) is 0.0429. The van der Waals surface area contributed by atoms with Gasteiger partial charge in [0.25, 0.3) is 5.95 Å². The Hall–Kier alpha value is -1.68. The lowest BCUT2D eigenvalue weighted by atomic mass is 10.2. The maximum atomic E-state index is 13.1. The highest BCUT2D eigenvalue weighted by atomic mass is 35.5. The van der Waals surface area contributed by atoms with E-state index in [1.54, 1.807) is 12.1 Å². The number of nitrogens with zero attached hydrogens (tertiary/aromatic N) is 1. The van der Waals surface area contributed by atoms with Crippen molar-refractivity contribution in [2.45, 2.75) is 6.61 Å². The maximum absolute atomic E-state index is 13.1. The first-order valence-electron chi connectivity index (χ1n) is 4.84. The molecule has 0 N–H and O–H groups in total. The van der Waals surface area contributed by atoms with E-state index in [1.807, 2.05) is 0 Å². The van der Waals surface area contributed by atoms with E-state index in [-0.39, 0.29) is 17.4 Å². The Morgan fingerprint density at radius 1 is 1.24 bits per heavy atom. The number of benzene rings is 1. The Kier molecular flexibility index (Phi) is 3.54. The van der Waals surface area contributed by atoms with Crippen molar-refractivity contribution < 1.29 is 13.5 Å². The minimum atomic E-state index is -0.693. The number of rotatable bonds is 3. The fourth-order valence-electron chi connectivity index (χ4n) is 1.27. The first-order chi connectivity index (χ1) is 8.16. The van der Waals surface area contributed by atoms with Crippen LogP contribution < -0.4 is 4.74 Å². The van der Waals surface area contributed by atoms with Crippen LogP contribution in [-0.2, 0) is 6.61 Å². The highest BCUT2D eigenvalue weighted by Crippen LogP contribution is 2.18. The predicted octanol–water partition coefficient (Wildman–Crippen LogP) is 3.59. The van der Waals surface area contributed by atoms with Gasteiger partial charge in [0.1, 0.15) is 12.4 Å². The van der Waals surface area contributed by atoms with Gasteiger partial charge in [-0.2, -0.15) is 4.39 Å². The zero-order valence-corrected chi connectivity index (χ0v) is 9.42. The number of aromatic nitrogens is 1. The van der Waals surface area contributed by atoms with Crippen molar-refractivity contribution in [2.24, 2.45) is 0 Å². The summed E-state index contributed by atoms with van der Waals surface area (Å²) in [4.78, 5) is 3.44. The lowest BCUT2D eigenvalue weighted by Gasteiger charge is -2.06. The SMILES string of the molecule is Fc1cc(COc2cccnc2F)ccc1Cl. The van der Waals surface area contributed by atoms with Gasteiger partial charge in [-0.1, -0.05) is 17.7 Å². The third-order valence-corrected chi connectivity index (χ3v) is 2.41. The highest BCUT2D eigenvalue weighted by Gasteiger charge is 2.05. The summed E-state index contributed by atoms with van der Waals surface area (Å²) in [6.07, 6.45) is 1.32. The van der Waals surface area contributed by atoms with Gasteiger partial charge < -0.3 is 4.74 Å². The third-order valence-electron chi connectivity index (χ3n) is 2.10. The van der Waals surface area contributed by atoms with Crippen LogP contribution in [0.25, 0.3) is 0 Å². The van der Waals surface area contributed by atoms with Gasteiger partial charge in [-0.05, 0) is 29.8 Å². The second kappa shape index (κ2) is 5.10. The fraction of sp³-hybridized carbons (Fsp3) is 0.0833. The quantitative estimate of drug-likeness (QED) is 0.782. The molecule has 0 aliphatic heterocycles. The van der Waals surface area contributed by atoms with Crippen LogP contribution >= 0.6 is 11.6 Å². The molecule has 0 aliphatic rings. The molecule has 2 nitrogen and oxygen atoms in total. The topological polar surface area (TPSA) is 22.1 Å². The molecule has 0 atom stereocenters. The second-order valence-electron chi connectivity index (χ2n) is 3.33. The molecule has 2 aromatic rings. The van der Waals surface area contributed by atoms with E-state index < -0.39 is 11.8 Å². The molecule has 0 saturated carbocycles. The van der Waals surface area contributed by atoms with Crippen molar-refractivity contribution in [3.8, 4) is 5.75 Å².